The van der Waals surface area contributed by atoms with Gasteiger partial charge in [0, 0.05) is 18.0 Å². The molecule has 2 aliphatic carbocycles. The molecule has 0 saturated carbocycles. The van der Waals surface area contributed by atoms with Gasteiger partial charge in [-0.05, 0) is 55.3 Å². The molecular weight excluding hydrogens is 454 g/mol. The van der Waals surface area contributed by atoms with Gasteiger partial charge in [-0.3, -0.25) is 0 Å². The topological polar surface area (TPSA) is 55.5 Å². The molecule has 6 rings (SSSR count). The van der Waals surface area contributed by atoms with Gasteiger partial charge in [-0.1, -0.05) is 109 Å². The average molecular weight is 484 g/mol. The first-order valence-electron chi connectivity index (χ1n) is 12.7. The highest BCUT2D eigenvalue weighted by atomic mass is 16.5. The molecule has 0 fully saturated rings. The van der Waals surface area contributed by atoms with Crippen molar-refractivity contribution < 1.29 is 9.84 Å². The van der Waals surface area contributed by atoms with E-state index in [4.69, 9.17) is 10.5 Å². The lowest BCUT2D eigenvalue weighted by molar-refractivity contribution is 0.235. The molecule has 3 N–H and O–H groups in total. The number of rotatable bonds is 6. The van der Waals surface area contributed by atoms with Gasteiger partial charge in [-0.2, -0.15) is 0 Å². The van der Waals surface area contributed by atoms with Crippen LogP contribution in [0.5, 0.6) is 0 Å². The SMILES string of the molecule is N/C=C\OCc1ccc(C2c3ccc4ccccc4c3C(c3ccc(CO)cc3)=C3C=CC=CC32)cc1. The zero-order chi connectivity index (χ0) is 25.2. The van der Waals surface area contributed by atoms with Crippen LogP contribution in [-0.2, 0) is 18.0 Å². The second-order valence-electron chi connectivity index (χ2n) is 9.56. The third kappa shape index (κ3) is 4.18. The van der Waals surface area contributed by atoms with Crippen molar-refractivity contribution in [3.05, 3.63) is 161 Å². The molecule has 0 saturated heterocycles. The van der Waals surface area contributed by atoms with Crippen LogP contribution in [0.25, 0.3) is 16.3 Å². The van der Waals surface area contributed by atoms with Crippen molar-refractivity contribution >= 4 is 16.3 Å². The van der Waals surface area contributed by atoms with Crippen molar-refractivity contribution in [1.29, 1.82) is 0 Å². The zero-order valence-corrected chi connectivity index (χ0v) is 20.5. The summed E-state index contributed by atoms with van der Waals surface area (Å²) in [6.07, 6.45) is 11.8. The second-order valence-corrected chi connectivity index (χ2v) is 9.56. The van der Waals surface area contributed by atoms with Crippen LogP contribution in [0.15, 0.2) is 127 Å². The molecule has 2 aliphatic rings. The third-order valence-corrected chi connectivity index (χ3v) is 7.45. The van der Waals surface area contributed by atoms with Crippen molar-refractivity contribution in [3.8, 4) is 0 Å². The van der Waals surface area contributed by atoms with Gasteiger partial charge in [-0.25, -0.2) is 0 Å². The summed E-state index contributed by atoms with van der Waals surface area (Å²) in [4.78, 5) is 0. The molecule has 0 aromatic heterocycles. The molecule has 2 unspecified atom stereocenters. The Labute approximate surface area is 217 Å². The van der Waals surface area contributed by atoms with E-state index in [1.54, 1.807) is 0 Å². The summed E-state index contributed by atoms with van der Waals surface area (Å²) in [6, 6.07) is 30.3. The lowest BCUT2D eigenvalue weighted by Gasteiger charge is -2.37. The largest absolute Gasteiger partial charge is 0.495 e. The van der Waals surface area contributed by atoms with Crippen LogP contribution in [-0.4, -0.2) is 5.11 Å². The lowest BCUT2D eigenvalue weighted by atomic mass is 9.65. The second kappa shape index (κ2) is 9.96. The molecular formula is C34H29NO2. The zero-order valence-electron chi connectivity index (χ0n) is 20.5. The van der Waals surface area contributed by atoms with Crippen LogP contribution in [0.3, 0.4) is 0 Å². The molecule has 182 valence electrons. The highest BCUT2D eigenvalue weighted by Crippen LogP contribution is 2.51. The van der Waals surface area contributed by atoms with Crippen LogP contribution < -0.4 is 5.73 Å². The number of hydrogen-bond donors (Lipinski definition) is 2. The summed E-state index contributed by atoms with van der Waals surface area (Å²) in [5.41, 5.74) is 15.1. The van der Waals surface area contributed by atoms with Crippen molar-refractivity contribution in [2.24, 2.45) is 11.7 Å². The van der Waals surface area contributed by atoms with Crippen LogP contribution >= 0.6 is 0 Å². The van der Waals surface area contributed by atoms with Gasteiger partial charge in [-0.15, -0.1) is 0 Å². The first-order valence-corrected chi connectivity index (χ1v) is 12.7. The number of allylic oxidation sites excluding steroid dienone is 5. The minimum Gasteiger partial charge on any atom is -0.495 e. The summed E-state index contributed by atoms with van der Waals surface area (Å²) in [5.74, 6) is 0.406. The molecule has 0 amide bonds. The quantitative estimate of drug-likeness (QED) is 0.291. The molecule has 0 bridgehead atoms. The lowest BCUT2D eigenvalue weighted by Crippen LogP contribution is -2.23. The number of nitrogens with two attached hydrogens (primary N) is 1. The number of benzene rings is 4. The number of hydrogen-bond acceptors (Lipinski definition) is 3. The normalized spacial score (nSPS) is 18.3. The molecule has 3 heteroatoms. The fraction of sp³-hybridized carbons (Fsp3) is 0.118. The van der Waals surface area contributed by atoms with E-state index < -0.39 is 0 Å². The molecule has 4 aromatic carbocycles. The van der Waals surface area contributed by atoms with Crippen molar-refractivity contribution in [1.82, 2.24) is 0 Å². The maximum Gasteiger partial charge on any atom is 0.112 e. The van der Waals surface area contributed by atoms with Gasteiger partial charge in [0.05, 0.1) is 12.9 Å². The Bertz CT molecular complexity index is 1560. The van der Waals surface area contributed by atoms with Gasteiger partial charge < -0.3 is 15.6 Å². The average Bonchev–Trinajstić information content (AvgIpc) is 2.96. The van der Waals surface area contributed by atoms with Crippen molar-refractivity contribution in [3.63, 3.8) is 0 Å². The van der Waals surface area contributed by atoms with E-state index in [1.165, 1.54) is 56.6 Å². The summed E-state index contributed by atoms with van der Waals surface area (Å²) in [7, 11) is 0. The summed E-state index contributed by atoms with van der Waals surface area (Å²) >= 11 is 0. The minimum absolute atomic E-state index is 0.0442. The molecule has 3 nitrogen and oxygen atoms in total. The van der Waals surface area contributed by atoms with E-state index in [0.717, 1.165) is 11.1 Å². The monoisotopic (exact) mass is 483 g/mol. The minimum atomic E-state index is 0.0442. The smallest absolute Gasteiger partial charge is 0.112 e. The van der Waals surface area contributed by atoms with Crippen LogP contribution in [0.1, 0.15) is 39.3 Å². The van der Waals surface area contributed by atoms with Crippen LogP contribution in [0, 0.1) is 5.92 Å². The number of ether oxygens (including phenoxy) is 1. The van der Waals surface area contributed by atoms with E-state index in [9.17, 15) is 5.11 Å². The molecule has 2 atom stereocenters. The summed E-state index contributed by atoms with van der Waals surface area (Å²) in [6.45, 7) is 0.535. The Hall–Kier alpha value is -4.34. The van der Waals surface area contributed by atoms with Gasteiger partial charge in [0.25, 0.3) is 0 Å². The molecule has 37 heavy (non-hydrogen) atoms. The van der Waals surface area contributed by atoms with Crippen molar-refractivity contribution in [2.45, 2.75) is 19.1 Å². The van der Waals surface area contributed by atoms with E-state index in [2.05, 4.69) is 97.1 Å². The standard InChI is InChI=1S/C34H29NO2/c35-19-20-37-22-24-11-15-26(16-12-24)32-29-7-3-4-8-30(29)33(27-13-9-23(21-36)10-14-27)34-28-6-2-1-5-25(28)17-18-31(32)34/h1-20,29,32,36H,21-22,35H2/b20-19-. The van der Waals surface area contributed by atoms with Gasteiger partial charge in [0.1, 0.15) is 6.61 Å². The van der Waals surface area contributed by atoms with E-state index >= 15 is 0 Å². The highest BCUT2D eigenvalue weighted by Gasteiger charge is 2.36. The first-order chi connectivity index (χ1) is 18.3. The maximum atomic E-state index is 9.62. The predicted octanol–water partition coefficient (Wildman–Crippen LogP) is 6.97. The van der Waals surface area contributed by atoms with E-state index in [1.807, 2.05) is 12.1 Å². The molecule has 4 aromatic rings. The fourth-order valence-corrected chi connectivity index (χ4v) is 5.76. The van der Waals surface area contributed by atoms with Crippen LogP contribution in [0.4, 0.5) is 0 Å². The Morgan fingerprint density at radius 1 is 0.838 bits per heavy atom. The Balaban J connectivity index is 1.56. The number of aliphatic hydroxyl groups excluding tert-OH is 1. The molecule has 0 heterocycles. The highest BCUT2D eigenvalue weighted by molar-refractivity contribution is 6.02. The number of fused-ring (bicyclic) bond motifs is 4. The molecule has 0 aliphatic heterocycles. The Morgan fingerprint density at radius 3 is 2.41 bits per heavy atom. The summed E-state index contributed by atoms with van der Waals surface area (Å²) < 4.78 is 5.48. The third-order valence-electron chi connectivity index (χ3n) is 7.45. The summed E-state index contributed by atoms with van der Waals surface area (Å²) in [5, 5.41) is 12.1. The maximum absolute atomic E-state index is 9.62. The van der Waals surface area contributed by atoms with Crippen LogP contribution in [0.2, 0.25) is 0 Å². The Kier molecular flexibility index (Phi) is 6.21. The van der Waals surface area contributed by atoms with Gasteiger partial charge in [0.2, 0.25) is 0 Å². The predicted molar refractivity (Wildman–Crippen MR) is 151 cm³/mol. The fourth-order valence-electron chi connectivity index (χ4n) is 5.76. The Morgan fingerprint density at radius 2 is 1.62 bits per heavy atom. The molecule has 0 spiro atoms. The number of aliphatic hydroxyl groups is 1. The molecule has 0 radical (unpaired) electrons. The van der Waals surface area contributed by atoms with Gasteiger partial charge in [0.15, 0.2) is 0 Å². The van der Waals surface area contributed by atoms with Crippen molar-refractivity contribution in [2.75, 3.05) is 0 Å². The van der Waals surface area contributed by atoms with E-state index in [0.29, 0.717) is 6.61 Å². The first kappa shape index (κ1) is 23.1. The van der Waals surface area contributed by atoms with E-state index in [-0.39, 0.29) is 18.4 Å². The van der Waals surface area contributed by atoms with Gasteiger partial charge >= 0.3 is 0 Å².